The highest BCUT2D eigenvalue weighted by molar-refractivity contribution is 7.93. The second-order valence-electron chi connectivity index (χ2n) is 5.84. The third kappa shape index (κ3) is 5.09. The molecular formula is C16H26ClN3O3S. The average Bonchev–Trinajstić information content (AvgIpc) is 2.90. The molecule has 0 aliphatic carbocycles. The van der Waals surface area contributed by atoms with Gasteiger partial charge < -0.3 is 11.1 Å². The van der Waals surface area contributed by atoms with Gasteiger partial charge in [-0.15, -0.1) is 12.4 Å². The number of anilines is 1. The van der Waals surface area contributed by atoms with E-state index >= 15 is 0 Å². The Hall–Kier alpha value is -1.31. The zero-order chi connectivity index (χ0) is 16.9. The van der Waals surface area contributed by atoms with E-state index in [1.54, 1.807) is 24.3 Å². The molecule has 1 atom stereocenters. The van der Waals surface area contributed by atoms with E-state index < -0.39 is 10.0 Å². The van der Waals surface area contributed by atoms with Gasteiger partial charge in [-0.3, -0.25) is 9.10 Å². The van der Waals surface area contributed by atoms with Crippen molar-refractivity contribution in [2.45, 2.75) is 38.6 Å². The molecule has 136 valence electrons. The third-order valence-electron chi connectivity index (χ3n) is 4.02. The number of hydrogen-bond acceptors (Lipinski definition) is 4. The number of carbonyl (C=O) groups is 1. The molecule has 1 fully saturated rings. The van der Waals surface area contributed by atoms with E-state index in [9.17, 15) is 13.2 Å². The predicted molar refractivity (Wildman–Crippen MR) is 99.3 cm³/mol. The van der Waals surface area contributed by atoms with E-state index in [4.69, 9.17) is 5.73 Å². The van der Waals surface area contributed by atoms with Gasteiger partial charge in [0.2, 0.25) is 10.0 Å². The average molecular weight is 376 g/mol. The molecular weight excluding hydrogens is 350 g/mol. The molecule has 1 unspecified atom stereocenters. The standard InChI is InChI=1S/C16H25N3O3S.ClH/c1-2-3-7-14(12-17)18-16(20)13-6-4-8-15(11-13)19-9-5-10-23(19,21)22;/h4,6,8,11,14H,2-3,5,7,9-10,12,17H2,1H3,(H,18,20);1H. The fraction of sp³-hybridized carbons (Fsp3) is 0.562. The van der Waals surface area contributed by atoms with E-state index in [-0.39, 0.29) is 30.1 Å². The van der Waals surface area contributed by atoms with E-state index in [0.29, 0.717) is 30.8 Å². The molecule has 1 aliphatic heterocycles. The van der Waals surface area contributed by atoms with Crippen LogP contribution in [0.5, 0.6) is 0 Å². The number of nitrogens with two attached hydrogens (primary N) is 1. The highest BCUT2D eigenvalue weighted by atomic mass is 35.5. The molecule has 1 aromatic carbocycles. The highest BCUT2D eigenvalue weighted by Gasteiger charge is 2.28. The second-order valence-corrected chi connectivity index (χ2v) is 7.85. The van der Waals surface area contributed by atoms with Crippen molar-refractivity contribution in [2.75, 3.05) is 23.1 Å². The summed E-state index contributed by atoms with van der Waals surface area (Å²) in [5, 5.41) is 2.92. The molecule has 1 saturated heterocycles. The number of benzene rings is 1. The summed E-state index contributed by atoms with van der Waals surface area (Å²) in [5.41, 5.74) is 6.71. The van der Waals surface area contributed by atoms with Crippen LogP contribution in [-0.2, 0) is 10.0 Å². The van der Waals surface area contributed by atoms with Crippen molar-refractivity contribution in [1.82, 2.24) is 5.32 Å². The number of nitrogens with one attached hydrogen (secondary N) is 1. The van der Waals surface area contributed by atoms with Gasteiger partial charge in [0.05, 0.1) is 11.4 Å². The zero-order valence-corrected chi connectivity index (χ0v) is 15.5. The molecule has 0 radical (unpaired) electrons. The van der Waals surface area contributed by atoms with Crippen LogP contribution in [0.1, 0.15) is 43.0 Å². The maximum atomic E-state index is 12.4. The van der Waals surface area contributed by atoms with Gasteiger partial charge in [-0.2, -0.15) is 0 Å². The summed E-state index contributed by atoms with van der Waals surface area (Å²) in [4.78, 5) is 12.4. The molecule has 0 bridgehead atoms. The fourth-order valence-corrected chi connectivity index (χ4v) is 4.26. The van der Waals surface area contributed by atoms with Crippen molar-refractivity contribution < 1.29 is 13.2 Å². The number of nitrogens with zero attached hydrogens (tertiary/aromatic N) is 1. The molecule has 0 saturated carbocycles. The maximum Gasteiger partial charge on any atom is 0.251 e. The first-order chi connectivity index (χ1) is 11.0. The molecule has 0 spiro atoms. The van der Waals surface area contributed by atoms with Crippen LogP contribution in [0.25, 0.3) is 0 Å². The summed E-state index contributed by atoms with van der Waals surface area (Å²) in [7, 11) is -3.24. The van der Waals surface area contributed by atoms with Gasteiger partial charge in [0.25, 0.3) is 5.91 Å². The molecule has 2 rings (SSSR count). The SMILES string of the molecule is CCCCC(CN)NC(=O)c1cccc(N2CCCS2(=O)=O)c1.Cl. The molecule has 24 heavy (non-hydrogen) atoms. The predicted octanol–water partition coefficient (Wildman–Crippen LogP) is 1.90. The molecule has 0 aromatic heterocycles. The first-order valence-corrected chi connectivity index (χ1v) is 9.70. The Morgan fingerprint density at radius 3 is 2.75 bits per heavy atom. The summed E-state index contributed by atoms with van der Waals surface area (Å²) >= 11 is 0. The zero-order valence-electron chi connectivity index (χ0n) is 13.9. The minimum atomic E-state index is -3.24. The van der Waals surface area contributed by atoms with Crippen LogP contribution in [0.2, 0.25) is 0 Å². The lowest BCUT2D eigenvalue weighted by Gasteiger charge is -2.19. The van der Waals surface area contributed by atoms with Crippen LogP contribution < -0.4 is 15.4 Å². The molecule has 1 heterocycles. The van der Waals surface area contributed by atoms with Crippen LogP contribution >= 0.6 is 12.4 Å². The molecule has 6 nitrogen and oxygen atoms in total. The lowest BCUT2D eigenvalue weighted by atomic mass is 10.1. The molecule has 1 aromatic rings. The monoisotopic (exact) mass is 375 g/mol. The Balaban J connectivity index is 0.00000288. The van der Waals surface area contributed by atoms with E-state index in [1.165, 1.54) is 4.31 Å². The van der Waals surface area contributed by atoms with Crippen molar-refractivity contribution in [2.24, 2.45) is 5.73 Å². The number of halogens is 1. The Morgan fingerprint density at radius 1 is 1.42 bits per heavy atom. The van der Waals surface area contributed by atoms with Gasteiger partial charge in [-0.1, -0.05) is 25.8 Å². The number of unbranched alkanes of at least 4 members (excludes halogenated alkanes) is 1. The van der Waals surface area contributed by atoms with Crippen molar-refractivity contribution in [3.8, 4) is 0 Å². The minimum absolute atomic E-state index is 0. The molecule has 1 aliphatic rings. The number of sulfonamides is 1. The Morgan fingerprint density at radius 2 is 2.17 bits per heavy atom. The smallest absolute Gasteiger partial charge is 0.251 e. The summed E-state index contributed by atoms with van der Waals surface area (Å²) in [5.74, 6) is -0.0506. The number of rotatable bonds is 7. The Bertz CT molecular complexity index is 652. The first-order valence-electron chi connectivity index (χ1n) is 8.09. The summed E-state index contributed by atoms with van der Waals surface area (Å²) < 4.78 is 25.4. The number of amides is 1. The van der Waals surface area contributed by atoms with Crippen molar-refractivity contribution in [3.05, 3.63) is 29.8 Å². The van der Waals surface area contributed by atoms with E-state index in [1.807, 2.05) is 0 Å². The lowest BCUT2D eigenvalue weighted by Crippen LogP contribution is -2.40. The van der Waals surface area contributed by atoms with Crippen molar-refractivity contribution in [1.29, 1.82) is 0 Å². The van der Waals surface area contributed by atoms with Gasteiger partial charge in [0, 0.05) is 24.7 Å². The van der Waals surface area contributed by atoms with Crippen LogP contribution in [-0.4, -0.2) is 39.2 Å². The van der Waals surface area contributed by atoms with Gasteiger partial charge >= 0.3 is 0 Å². The van der Waals surface area contributed by atoms with E-state index in [2.05, 4.69) is 12.2 Å². The van der Waals surface area contributed by atoms with Gasteiger partial charge in [-0.05, 0) is 31.0 Å². The minimum Gasteiger partial charge on any atom is -0.348 e. The summed E-state index contributed by atoms with van der Waals surface area (Å²) in [6, 6.07) is 6.70. The lowest BCUT2D eigenvalue weighted by molar-refractivity contribution is 0.0936. The third-order valence-corrected chi connectivity index (χ3v) is 5.89. The quantitative estimate of drug-likeness (QED) is 0.761. The summed E-state index contributed by atoms with van der Waals surface area (Å²) in [6.07, 6.45) is 3.52. The van der Waals surface area contributed by atoms with Crippen LogP contribution in [0.3, 0.4) is 0 Å². The van der Waals surface area contributed by atoms with Crippen LogP contribution in [0.15, 0.2) is 24.3 Å². The van der Waals surface area contributed by atoms with Crippen LogP contribution in [0, 0.1) is 0 Å². The largest absolute Gasteiger partial charge is 0.348 e. The Labute approximate surface area is 150 Å². The highest BCUT2D eigenvalue weighted by Crippen LogP contribution is 2.24. The Kier molecular flexibility index (Phi) is 7.99. The van der Waals surface area contributed by atoms with E-state index in [0.717, 1.165) is 19.3 Å². The fourth-order valence-electron chi connectivity index (χ4n) is 2.70. The maximum absolute atomic E-state index is 12.4. The summed E-state index contributed by atoms with van der Waals surface area (Å²) in [6.45, 7) is 2.95. The molecule has 3 N–H and O–H groups in total. The number of carbonyl (C=O) groups excluding carboxylic acids is 1. The van der Waals surface area contributed by atoms with Crippen molar-refractivity contribution >= 4 is 34.0 Å². The van der Waals surface area contributed by atoms with Gasteiger partial charge in [-0.25, -0.2) is 8.42 Å². The van der Waals surface area contributed by atoms with Crippen LogP contribution in [0.4, 0.5) is 5.69 Å². The molecule has 8 heteroatoms. The molecule has 1 amide bonds. The second kappa shape index (κ2) is 9.25. The van der Waals surface area contributed by atoms with Gasteiger partial charge in [0.1, 0.15) is 0 Å². The number of hydrogen-bond donors (Lipinski definition) is 2. The van der Waals surface area contributed by atoms with Gasteiger partial charge in [0.15, 0.2) is 0 Å². The van der Waals surface area contributed by atoms with Crippen molar-refractivity contribution in [3.63, 3.8) is 0 Å². The topological polar surface area (TPSA) is 92.5 Å². The normalized spacial score (nSPS) is 17.2. The first kappa shape index (κ1) is 20.7.